The van der Waals surface area contributed by atoms with Crippen molar-refractivity contribution in [3.63, 3.8) is 0 Å². The van der Waals surface area contributed by atoms with Crippen LogP contribution in [-0.4, -0.2) is 27.7 Å². The second-order valence-corrected chi connectivity index (χ2v) is 6.08. The molecule has 0 aromatic carbocycles. The van der Waals surface area contributed by atoms with E-state index in [0.717, 1.165) is 6.07 Å². The van der Waals surface area contributed by atoms with Gasteiger partial charge >= 0.3 is 6.18 Å². The van der Waals surface area contributed by atoms with E-state index in [2.05, 4.69) is 26.2 Å². The molecule has 0 fully saturated rings. The lowest BCUT2D eigenvalue weighted by Crippen LogP contribution is -2.14. The molecule has 1 atom stereocenters. The van der Waals surface area contributed by atoms with Gasteiger partial charge in [0.15, 0.2) is 0 Å². The summed E-state index contributed by atoms with van der Waals surface area (Å²) < 4.78 is 49.2. The van der Waals surface area contributed by atoms with Gasteiger partial charge in [0.05, 0.1) is 5.56 Å². The van der Waals surface area contributed by atoms with E-state index in [4.69, 9.17) is 0 Å². The minimum atomic E-state index is -4.45. The lowest BCUT2D eigenvalue weighted by molar-refractivity contribution is -0.137. The molecule has 0 aliphatic carbocycles. The van der Waals surface area contributed by atoms with E-state index >= 15 is 0 Å². The minimum absolute atomic E-state index is 0.201. The maximum atomic E-state index is 12.7. The Kier molecular flexibility index (Phi) is 5.58. The van der Waals surface area contributed by atoms with Gasteiger partial charge < -0.3 is 5.32 Å². The van der Waals surface area contributed by atoms with Crippen LogP contribution in [0.3, 0.4) is 0 Å². The molecule has 0 spiro atoms. The highest BCUT2D eigenvalue weighted by atomic mass is 79.9. The lowest BCUT2D eigenvalue weighted by Gasteiger charge is -2.13. The van der Waals surface area contributed by atoms with Crippen LogP contribution in [0.2, 0.25) is 0 Å². The molecule has 8 heteroatoms. The molecular formula is C10H12BrF3N2OS. The number of nitrogens with zero attached hydrogens (tertiary/aromatic N) is 1. The molecular weight excluding hydrogens is 333 g/mol. The number of rotatable bonds is 5. The number of halogens is 4. The molecule has 102 valence electrons. The van der Waals surface area contributed by atoms with Gasteiger partial charge in [0.2, 0.25) is 0 Å². The van der Waals surface area contributed by atoms with Crippen LogP contribution in [0, 0.1) is 0 Å². The highest BCUT2D eigenvalue weighted by Crippen LogP contribution is 2.35. The van der Waals surface area contributed by atoms with Crippen LogP contribution in [0.5, 0.6) is 0 Å². The van der Waals surface area contributed by atoms with E-state index in [1.54, 1.807) is 6.26 Å². The monoisotopic (exact) mass is 344 g/mol. The molecule has 1 N–H and O–H groups in total. The second-order valence-electron chi connectivity index (χ2n) is 3.61. The topological polar surface area (TPSA) is 42.0 Å². The van der Waals surface area contributed by atoms with E-state index in [1.807, 2.05) is 0 Å². The molecule has 1 aromatic rings. The number of hydrogen-bond donors (Lipinski definition) is 1. The van der Waals surface area contributed by atoms with Crippen molar-refractivity contribution in [2.75, 3.05) is 23.9 Å². The Bertz CT molecular complexity index is 440. The zero-order valence-corrected chi connectivity index (χ0v) is 12.0. The first-order valence-electron chi connectivity index (χ1n) is 5.07. The van der Waals surface area contributed by atoms with E-state index in [9.17, 15) is 17.4 Å². The Morgan fingerprint density at radius 3 is 2.72 bits per heavy atom. The largest absolute Gasteiger partial charge is 0.419 e. The third-order valence-corrected chi connectivity index (χ3v) is 3.36. The average molecular weight is 345 g/mol. The third kappa shape index (κ3) is 4.93. The second kappa shape index (κ2) is 6.51. The van der Waals surface area contributed by atoms with Crippen molar-refractivity contribution < 1.29 is 17.4 Å². The van der Waals surface area contributed by atoms with Crippen molar-refractivity contribution in [1.29, 1.82) is 0 Å². The lowest BCUT2D eigenvalue weighted by atomic mass is 10.2. The fraction of sp³-hybridized carbons (Fsp3) is 0.500. The van der Waals surface area contributed by atoms with Crippen LogP contribution in [0.4, 0.5) is 19.0 Å². The fourth-order valence-corrected chi connectivity index (χ4v) is 2.16. The molecule has 0 saturated carbocycles. The zero-order valence-electron chi connectivity index (χ0n) is 9.55. The Morgan fingerprint density at radius 2 is 2.17 bits per heavy atom. The fourth-order valence-electron chi connectivity index (χ4n) is 1.28. The summed E-state index contributed by atoms with van der Waals surface area (Å²) in [7, 11) is -0.940. The maximum absolute atomic E-state index is 12.7. The molecule has 3 nitrogen and oxygen atoms in total. The standard InChI is InChI=1S/C10H12BrF3N2OS/c1-18(17)4-2-3-15-9-8(10(12,13)14)5-7(11)6-16-9/h5-6H,2-4H2,1H3,(H,15,16). The van der Waals surface area contributed by atoms with E-state index in [0.29, 0.717) is 18.7 Å². The molecule has 1 aromatic heterocycles. The van der Waals surface area contributed by atoms with Crippen molar-refractivity contribution in [2.45, 2.75) is 12.6 Å². The van der Waals surface area contributed by atoms with E-state index in [-0.39, 0.29) is 10.3 Å². The molecule has 0 aliphatic heterocycles. The van der Waals surface area contributed by atoms with Crippen LogP contribution in [0.25, 0.3) is 0 Å². The van der Waals surface area contributed by atoms with Gasteiger partial charge in [-0.3, -0.25) is 4.21 Å². The van der Waals surface area contributed by atoms with Gasteiger partial charge in [0.25, 0.3) is 0 Å². The maximum Gasteiger partial charge on any atom is 0.419 e. The van der Waals surface area contributed by atoms with Crippen LogP contribution < -0.4 is 5.32 Å². The third-order valence-electron chi connectivity index (χ3n) is 2.06. The summed E-state index contributed by atoms with van der Waals surface area (Å²) in [6.07, 6.45) is -1.07. The van der Waals surface area contributed by atoms with Crippen LogP contribution in [0.15, 0.2) is 16.7 Å². The van der Waals surface area contributed by atoms with Crippen molar-refractivity contribution in [1.82, 2.24) is 4.98 Å². The molecule has 0 radical (unpaired) electrons. The number of nitrogens with one attached hydrogen (secondary N) is 1. The molecule has 1 heterocycles. The Hall–Kier alpha value is -0.630. The summed E-state index contributed by atoms with van der Waals surface area (Å²) in [5, 5.41) is 2.62. The molecule has 1 unspecified atom stereocenters. The summed E-state index contributed by atoms with van der Waals surface area (Å²) >= 11 is 2.96. The summed E-state index contributed by atoms with van der Waals surface area (Å²) in [6, 6.07) is 0.979. The van der Waals surface area contributed by atoms with Crippen LogP contribution in [-0.2, 0) is 17.0 Å². The minimum Gasteiger partial charge on any atom is -0.370 e. The first kappa shape index (κ1) is 15.4. The van der Waals surface area contributed by atoms with Crippen molar-refractivity contribution >= 4 is 32.5 Å². The highest BCUT2D eigenvalue weighted by Gasteiger charge is 2.34. The SMILES string of the molecule is CS(=O)CCCNc1ncc(Br)cc1C(F)(F)F. The smallest absolute Gasteiger partial charge is 0.370 e. The van der Waals surface area contributed by atoms with Crippen molar-refractivity contribution in [3.05, 3.63) is 22.3 Å². The molecule has 0 aliphatic rings. The van der Waals surface area contributed by atoms with E-state index < -0.39 is 22.5 Å². The highest BCUT2D eigenvalue weighted by molar-refractivity contribution is 9.10. The Labute approximate surface area is 114 Å². The Balaban J connectivity index is 2.73. The summed E-state index contributed by atoms with van der Waals surface area (Å²) in [6.45, 7) is 0.303. The van der Waals surface area contributed by atoms with Gasteiger partial charge in [-0.1, -0.05) is 0 Å². The average Bonchev–Trinajstić information content (AvgIpc) is 2.24. The van der Waals surface area contributed by atoms with Gasteiger partial charge in [-0.25, -0.2) is 4.98 Å². The van der Waals surface area contributed by atoms with Gasteiger partial charge in [-0.15, -0.1) is 0 Å². The molecule has 18 heavy (non-hydrogen) atoms. The Morgan fingerprint density at radius 1 is 1.50 bits per heavy atom. The number of aromatic nitrogens is 1. The zero-order chi connectivity index (χ0) is 13.8. The van der Waals surface area contributed by atoms with Crippen LogP contribution >= 0.6 is 15.9 Å². The van der Waals surface area contributed by atoms with Gasteiger partial charge in [0, 0.05) is 40.0 Å². The summed E-state index contributed by atoms with van der Waals surface area (Å²) in [5.41, 5.74) is -0.811. The number of pyridine rings is 1. The first-order chi connectivity index (χ1) is 8.30. The molecule has 1 rings (SSSR count). The molecule has 0 saturated heterocycles. The summed E-state index contributed by atoms with van der Waals surface area (Å²) in [4.78, 5) is 3.71. The number of alkyl halides is 3. The van der Waals surface area contributed by atoms with Gasteiger partial charge in [0.1, 0.15) is 5.82 Å². The number of anilines is 1. The molecule has 0 bridgehead atoms. The first-order valence-corrected chi connectivity index (χ1v) is 7.59. The van der Waals surface area contributed by atoms with Gasteiger partial charge in [-0.05, 0) is 28.4 Å². The normalized spacial score (nSPS) is 13.4. The summed E-state index contributed by atoms with van der Waals surface area (Å²) in [5.74, 6) is 0.248. The predicted octanol–water partition coefficient (Wildman–Crippen LogP) is 3.04. The van der Waals surface area contributed by atoms with Crippen LogP contribution in [0.1, 0.15) is 12.0 Å². The number of hydrogen-bond acceptors (Lipinski definition) is 3. The quantitative estimate of drug-likeness (QED) is 0.834. The molecule has 0 amide bonds. The van der Waals surface area contributed by atoms with Crippen molar-refractivity contribution in [2.24, 2.45) is 0 Å². The van der Waals surface area contributed by atoms with Gasteiger partial charge in [-0.2, -0.15) is 13.2 Å². The van der Waals surface area contributed by atoms with Crippen molar-refractivity contribution in [3.8, 4) is 0 Å². The van der Waals surface area contributed by atoms with E-state index in [1.165, 1.54) is 6.20 Å². The predicted molar refractivity (Wildman–Crippen MR) is 69.0 cm³/mol.